The Hall–Kier alpha value is -6.84. The molecule has 2 aromatic heterocycles. The predicted molar refractivity (Wildman–Crippen MR) is 295 cm³/mol. The van der Waals surface area contributed by atoms with E-state index in [9.17, 15) is 37.1 Å². The zero-order chi connectivity index (χ0) is 54.9. The number of nitrogens with one attached hydrogen (secondary N) is 5. The second-order valence-corrected chi connectivity index (χ2v) is 23.4. The quantitative estimate of drug-likeness (QED) is 0.0333. The molecule has 2 fully saturated rings. The van der Waals surface area contributed by atoms with Crippen LogP contribution in [0.15, 0.2) is 114 Å². The maximum absolute atomic E-state index is 14.7. The highest BCUT2D eigenvalue weighted by Gasteiger charge is 2.53. The number of amides is 4. The molecule has 77 heavy (non-hydrogen) atoms. The fraction of sp³-hybridized carbons (Fsp3) is 0.375. The van der Waals surface area contributed by atoms with Crippen molar-refractivity contribution in [3.8, 4) is 38.6 Å². The van der Waals surface area contributed by atoms with Gasteiger partial charge in [-0.1, -0.05) is 106 Å². The Bertz CT molecular complexity index is 3190. The van der Waals surface area contributed by atoms with Gasteiger partial charge in [-0.3, -0.25) is 19.2 Å². The molecule has 0 radical (unpaired) electrons. The van der Waals surface area contributed by atoms with Crippen LogP contribution in [0.1, 0.15) is 77.0 Å². The summed E-state index contributed by atoms with van der Waals surface area (Å²) in [5.41, 5.74) is 5.35. The minimum atomic E-state index is -4.01. The van der Waals surface area contributed by atoms with E-state index in [2.05, 4.69) is 40.9 Å². The van der Waals surface area contributed by atoms with Crippen molar-refractivity contribution in [3.05, 3.63) is 125 Å². The number of aryl methyl sites for hydroxylation is 1. The number of likely N-dealkylation sites (tertiary alicyclic amines) is 1. The number of hydrogen-bond acceptors (Lipinski definition) is 13. The van der Waals surface area contributed by atoms with Crippen molar-refractivity contribution >= 4 is 68.2 Å². The summed E-state index contributed by atoms with van der Waals surface area (Å²) in [6.45, 7) is 7.37. The van der Waals surface area contributed by atoms with Crippen LogP contribution in [0.2, 0.25) is 5.02 Å². The average molecular weight is 1110 g/mol. The topological polar surface area (TPSA) is 234 Å². The number of anilines is 2. The summed E-state index contributed by atoms with van der Waals surface area (Å²) < 4.78 is 49.6. The zero-order valence-corrected chi connectivity index (χ0v) is 45.7. The van der Waals surface area contributed by atoms with Crippen LogP contribution >= 0.6 is 22.9 Å². The Morgan fingerprint density at radius 3 is 2.34 bits per heavy atom. The Kier molecular flexibility index (Phi) is 18.0. The summed E-state index contributed by atoms with van der Waals surface area (Å²) in [7, 11) is -4.01. The minimum Gasteiger partial charge on any atom is -0.493 e. The van der Waals surface area contributed by atoms with E-state index in [1.807, 2.05) is 79.7 Å². The third-order valence-electron chi connectivity index (χ3n) is 13.4. The molecule has 1 aliphatic heterocycles. The fourth-order valence-electron chi connectivity index (χ4n) is 8.82. The molecule has 4 aromatic carbocycles. The molecule has 1 saturated heterocycles. The summed E-state index contributed by atoms with van der Waals surface area (Å²) in [6.07, 6.45) is 3.58. The number of carbonyl (C=O) groups is 4. The number of ether oxygens (including phenoxy) is 1. The zero-order valence-electron chi connectivity index (χ0n) is 43.3. The number of hydrogen-bond donors (Lipinski definition) is 6. The molecule has 1 aliphatic carbocycles. The first-order valence-electron chi connectivity index (χ1n) is 25.5. The van der Waals surface area contributed by atoms with Gasteiger partial charge in [0, 0.05) is 42.9 Å². The molecule has 4 amide bonds. The van der Waals surface area contributed by atoms with Crippen molar-refractivity contribution in [2.24, 2.45) is 5.41 Å². The van der Waals surface area contributed by atoms with Gasteiger partial charge in [-0.2, -0.15) is 0 Å². The number of carbonyl (C=O) groups excluding carboxylic acids is 4. The molecule has 6 aromatic rings. The van der Waals surface area contributed by atoms with Gasteiger partial charge in [0.1, 0.15) is 17.8 Å². The van der Waals surface area contributed by atoms with E-state index >= 15 is 0 Å². The number of thiazole rings is 1. The Balaban J connectivity index is 0.773. The molecule has 2 unspecified atom stereocenters. The van der Waals surface area contributed by atoms with Crippen molar-refractivity contribution in [1.29, 1.82) is 0 Å². The number of alkyl halides is 1. The van der Waals surface area contributed by atoms with Gasteiger partial charge in [-0.05, 0) is 91.1 Å². The lowest BCUT2D eigenvalue weighted by Crippen LogP contribution is -2.59. The van der Waals surface area contributed by atoms with Gasteiger partial charge < -0.3 is 36.0 Å². The van der Waals surface area contributed by atoms with Crippen molar-refractivity contribution in [2.45, 2.75) is 108 Å². The van der Waals surface area contributed by atoms with Crippen LogP contribution in [0, 0.1) is 12.3 Å². The maximum Gasteiger partial charge on any atom is 0.258 e. The lowest BCUT2D eigenvalue weighted by atomic mass is 9.85. The number of unbranched alkanes of at least 4 members (excludes halogenated alkanes) is 3. The van der Waals surface area contributed by atoms with Gasteiger partial charge in [0.2, 0.25) is 33.7 Å². The van der Waals surface area contributed by atoms with E-state index in [1.54, 1.807) is 38.4 Å². The van der Waals surface area contributed by atoms with E-state index in [0.29, 0.717) is 53.7 Å². The normalized spacial score (nSPS) is 16.3. The summed E-state index contributed by atoms with van der Waals surface area (Å²) in [5.74, 6) is -1.55. The van der Waals surface area contributed by atoms with Gasteiger partial charge in [0.25, 0.3) is 5.91 Å². The third kappa shape index (κ3) is 14.6. The molecule has 0 spiro atoms. The van der Waals surface area contributed by atoms with Crippen molar-refractivity contribution in [2.75, 3.05) is 31.6 Å². The number of rotatable bonds is 23. The lowest BCUT2D eigenvalue weighted by Gasteiger charge is -2.35. The fourth-order valence-corrected chi connectivity index (χ4v) is 10.8. The van der Waals surface area contributed by atoms with Crippen LogP contribution in [0.3, 0.4) is 0 Å². The number of benzene rings is 4. The third-order valence-corrected chi connectivity index (χ3v) is 16.0. The number of aromatic nitrogens is 3. The van der Waals surface area contributed by atoms with Crippen molar-refractivity contribution < 1.29 is 41.8 Å². The van der Waals surface area contributed by atoms with Gasteiger partial charge in [0.15, 0.2) is 5.67 Å². The summed E-state index contributed by atoms with van der Waals surface area (Å²) in [6, 6.07) is 27.4. The summed E-state index contributed by atoms with van der Waals surface area (Å²) in [4.78, 5) is 68.6. The molecule has 6 N–H and O–H groups in total. The molecule has 0 bridgehead atoms. The molecular weight excluding hydrogens is 1050 g/mol. The predicted octanol–water partition coefficient (Wildman–Crippen LogP) is 8.28. The first kappa shape index (κ1) is 56.4. The number of sulfonamides is 1. The van der Waals surface area contributed by atoms with Gasteiger partial charge in [-0.15, -0.1) is 11.3 Å². The van der Waals surface area contributed by atoms with Crippen LogP contribution in [-0.4, -0.2) is 107 Å². The summed E-state index contributed by atoms with van der Waals surface area (Å²) >= 11 is 8.02. The van der Waals surface area contributed by atoms with Crippen LogP contribution in [0.4, 0.5) is 16.0 Å². The van der Waals surface area contributed by atoms with E-state index in [1.165, 1.54) is 34.6 Å². The lowest BCUT2D eigenvalue weighted by molar-refractivity contribution is -0.145. The SMILES string of the molecule is Cc1ncsc1-c1ccc(CNC(=O)C2CC(O)CN2C(=O)[C@@H](NC(=O)C2(F)CC2)C(C)(C)C)c(OCCCCCCNC(=O)CNS(=O)(=O)c2ccc(Nc3ncc(Cl)c(-c4cccc(-c5ccccc5)c4)n3)cc2)c1. The van der Waals surface area contributed by atoms with Crippen LogP contribution < -0.4 is 30.7 Å². The number of aliphatic hydroxyl groups excluding tert-OH is 1. The second-order valence-electron chi connectivity index (χ2n) is 20.4. The van der Waals surface area contributed by atoms with E-state index in [-0.39, 0.29) is 43.2 Å². The van der Waals surface area contributed by atoms with E-state index < -0.39 is 69.5 Å². The number of aliphatic hydroxyl groups is 1. The molecule has 2 aliphatic rings. The smallest absolute Gasteiger partial charge is 0.258 e. The van der Waals surface area contributed by atoms with Gasteiger partial charge in [0.05, 0.1) is 57.1 Å². The van der Waals surface area contributed by atoms with Crippen LogP contribution in [0.25, 0.3) is 32.8 Å². The van der Waals surface area contributed by atoms with Crippen LogP contribution in [0.5, 0.6) is 5.75 Å². The number of β-amino-alcohol motifs (C(OH)–C–C–N with tert-alkyl or cyclic N) is 1. The Labute approximate surface area is 456 Å². The highest BCUT2D eigenvalue weighted by atomic mass is 35.5. The Morgan fingerprint density at radius 1 is 0.896 bits per heavy atom. The monoisotopic (exact) mass is 1110 g/mol. The minimum absolute atomic E-state index is 0.00219. The van der Waals surface area contributed by atoms with E-state index in [0.717, 1.165) is 45.7 Å². The molecule has 3 atom stereocenters. The van der Waals surface area contributed by atoms with Crippen molar-refractivity contribution in [1.82, 2.24) is 40.5 Å². The van der Waals surface area contributed by atoms with Gasteiger partial charge >= 0.3 is 0 Å². The molecule has 406 valence electrons. The molecular formula is C56H63ClFN9O8S2. The molecule has 8 rings (SSSR count). The highest BCUT2D eigenvalue weighted by Crippen LogP contribution is 2.41. The number of nitrogens with zero attached hydrogens (tertiary/aromatic N) is 4. The largest absolute Gasteiger partial charge is 0.493 e. The maximum atomic E-state index is 14.7. The Morgan fingerprint density at radius 2 is 1.62 bits per heavy atom. The molecule has 1 saturated carbocycles. The second kappa shape index (κ2) is 24.7. The van der Waals surface area contributed by atoms with Crippen LogP contribution in [-0.2, 0) is 35.7 Å². The van der Waals surface area contributed by atoms with E-state index in [4.69, 9.17) is 16.3 Å². The number of halogens is 2. The standard InChI is InChI=1S/C56H63ClFN9O8S2/c1-35-49(76-34-62-35)39-17-18-40(30-60-51(70)45-29-42(68)33-67(45)52(71)50(55(2,3)4)66-53(72)56(58)23-24-56)46(28-39)75-26-11-6-5-10-25-59-47(69)32-63-77(73,74)43-21-19-41(20-22-43)64-54-61-31-44(57)48(65-54)38-16-12-15-37(27-38)36-13-8-7-9-14-36/h7-9,12-22,27-28,31,34,42,45,50,63,68H,5-6,10-11,23-26,29-30,32-33H2,1-4H3,(H,59,69)(H,60,70)(H,66,72)(H,61,64,65)/t42?,45?,50-/m1/s1. The molecule has 21 heteroatoms. The van der Waals surface area contributed by atoms with Crippen molar-refractivity contribution in [3.63, 3.8) is 0 Å². The summed E-state index contributed by atoms with van der Waals surface area (Å²) in [5, 5.41) is 22.4. The first-order valence-corrected chi connectivity index (χ1v) is 28.3. The molecule has 3 heterocycles. The molecule has 17 nitrogen and oxygen atoms in total. The highest BCUT2D eigenvalue weighted by molar-refractivity contribution is 7.89. The average Bonchev–Trinajstić information content (AvgIpc) is 3.88. The first-order chi connectivity index (χ1) is 36.8. The van der Waals surface area contributed by atoms with Gasteiger partial charge in [-0.25, -0.2) is 32.5 Å².